The number of nitrogens with zero attached hydrogens (tertiary/aromatic N) is 1. The number of benzene rings is 2. The van der Waals surface area contributed by atoms with E-state index < -0.39 is 5.54 Å². The van der Waals surface area contributed by atoms with E-state index in [9.17, 15) is 9.59 Å². The number of imide groups is 1. The third-order valence-electron chi connectivity index (χ3n) is 4.74. The predicted molar refractivity (Wildman–Crippen MR) is 102 cm³/mol. The van der Waals surface area contributed by atoms with Gasteiger partial charge in [-0.3, -0.25) is 9.69 Å². The maximum Gasteiger partial charge on any atom is 0.325 e. The fourth-order valence-electron chi connectivity index (χ4n) is 3.09. The highest BCUT2D eigenvalue weighted by molar-refractivity contribution is 6.06. The Bertz CT molecular complexity index is 792. The summed E-state index contributed by atoms with van der Waals surface area (Å²) in [5, 5.41) is 2.83. The molecule has 142 valence electrons. The molecule has 0 aromatic heterocycles. The first kappa shape index (κ1) is 18.8. The third-order valence-corrected chi connectivity index (χ3v) is 4.74. The Hall–Kier alpha value is -3.02. The summed E-state index contributed by atoms with van der Waals surface area (Å²) in [7, 11) is 1.60. The number of ether oxygens (including phenoxy) is 2. The van der Waals surface area contributed by atoms with Crippen LogP contribution in [0.5, 0.6) is 11.5 Å². The van der Waals surface area contributed by atoms with Crippen LogP contribution in [0.2, 0.25) is 0 Å². The highest BCUT2D eigenvalue weighted by Crippen LogP contribution is 2.23. The monoisotopic (exact) mass is 368 g/mol. The van der Waals surface area contributed by atoms with Gasteiger partial charge >= 0.3 is 6.03 Å². The van der Waals surface area contributed by atoms with E-state index in [1.165, 1.54) is 4.90 Å². The summed E-state index contributed by atoms with van der Waals surface area (Å²) in [5.41, 5.74) is 0.259. The zero-order valence-corrected chi connectivity index (χ0v) is 15.6. The van der Waals surface area contributed by atoms with Crippen molar-refractivity contribution in [2.24, 2.45) is 0 Å². The SMILES string of the molecule is COc1ccc(OCCN2C(=O)NC(C)(CCc3ccccc3)C2=O)cc1. The first-order valence-electron chi connectivity index (χ1n) is 8.97. The average Bonchev–Trinajstić information content (AvgIpc) is 2.91. The Morgan fingerprint density at radius 1 is 1.00 bits per heavy atom. The molecule has 1 atom stereocenters. The first-order valence-corrected chi connectivity index (χ1v) is 8.97. The summed E-state index contributed by atoms with van der Waals surface area (Å²) in [4.78, 5) is 26.2. The molecule has 1 unspecified atom stereocenters. The summed E-state index contributed by atoms with van der Waals surface area (Å²) >= 11 is 0. The molecular formula is C21H24N2O4. The first-order chi connectivity index (χ1) is 13.0. The molecule has 1 N–H and O–H groups in total. The smallest absolute Gasteiger partial charge is 0.325 e. The average molecular weight is 368 g/mol. The van der Waals surface area contributed by atoms with E-state index in [0.717, 1.165) is 17.7 Å². The van der Waals surface area contributed by atoms with Crippen LogP contribution in [0, 0.1) is 0 Å². The molecule has 1 saturated heterocycles. The van der Waals surface area contributed by atoms with Crippen molar-refractivity contribution >= 4 is 11.9 Å². The molecule has 3 amide bonds. The van der Waals surface area contributed by atoms with Gasteiger partial charge in [0.25, 0.3) is 5.91 Å². The van der Waals surface area contributed by atoms with Crippen LogP contribution in [0.15, 0.2) is 54.6 Å². The summed E-state index contributed by atoms with van der Waals surface area (Å²) in [6, 6.07) is 16.7. The van der Waals surface area contributed by atoms with Crippen molar-refractivity contribution in [3.8, 4) is 11.5 Å². The Labute approximate surface area is 159 Å². The highest BCUT2D eigenvalue weighted by Gasteiger charge is 2.47. The van der Waals surface area contributed by atoms with Crippen molar-refractivity contribution in [2.45, 2.75) is 25.3 Å². The fourth-order valence-corrected chi connectivity index (χ4v) is 3.09. The van der Waals surface area contributed by atoms with Gasteiger partial charge in [-0.1, -0.05) is 30.3 Å². The lowest BCUT2D eigenvalue weighted by molar-refractivity contribution is -0.131. The van der Waals surface area contributed by atoms with Crippen LogP contribution in [0.25, 0.3) is 0 Å². The number of methoxy groups -OCH3 is 1. The molecule has 0 radical (unpaired) electrons. The van der Waals surface area contributed by atoms with Crippen LogP contribution >= 0.6 is 0 Å². The normalized spacial score (nSPS) is 19.1. The lowest BCUT2D eigenvalue weighted by Gasteiger charge is -2.21. The lowest BCUT2D eigenvalue weighted by Crippen LogP contribution is -2.44. The van der Waals surface area contributed by atoms with E-state index in [2.05, 4.69) is 5.32 Å². The van der Waals surface area contributed by atoms with Gasteiger partial charge in [0, 0.05) is 0 Å². The van der Waals surface area contributed by atoms with Gasteiger partial charge in [0.15, 0.2) is 0 Å². The van der Waals surface area contributed by atoms with Crippen molar-refractivity contribution in [1.29, 1.82) is 0 Å². The highest BCUT2D eigenvalue weighted by atomic mass is 16.5. The van der Waals surface area contributed by atoms with Gasteiger partial charge < -0.3 is 14.8 Å². The molecule has 3 rings (SSSR count). The molecule has 1 heterocycles. The van der Waals surface area contributed by atoms with E-state index in [4.69, 9.17) is 9.47 Å². The molecule has 1 aliphatic rings. The summed E-state index contributed by atoms with van der Waals surface area (Å²) in [5.74, 6) is 1.20. The van der Waals surface area contributed by atoms with Crippen LogP contribution in [0.3, 0.4) is 0 Å². The van der Waals surface area contributed by atoms with Gasteiger partial charge in [0.2, 0.25) is 0 Å². The van der Waals surface area contributed by atoms with Crippen LogP contribution in [-0.2, 0) is 11.2 Å². The summed E-state index contributed by atoms with van der Waals surface area (Å²) in [6.07, 6.45) is 1.27. The van der Waals surface area contributed by atoms with Crippen molar-refractivity contribution in [2.75, 3.05) is 20.3 Å². The van der Waals surface area contributed by atoms with Gasteiger partial charge in [-0.2, -0.15) is 0 Å². The summed E-state index contributed by atoms with van der Waals surface area (Å²) in [6.45, 7) is 2.22. The maximum absolute atomic E-state index is 12.8. The minimum absolute atomic E-state index is 0.206. The lowest BCUT2D eigenvalue weighted by atomic mass is 9.93. The minimum atomic E-state index is -0.882. The second-order valence-electron chi connectivity index (χ2n) is 6.73. The molecule has 0 saturated carbocycles. The number of aryl methyl sites for hydroxylation is 1. The Morgan fingerprint density at radius 3 is 2.33 bits per heavy atom. The molecule has 2 aromatic carbocycles. The van der Waals surface area contributed by atoms with Crippen LogP contribution in [0.1, 0.15) is 18.9 Å². The van der Waals surface area contributed by atoms with E-state index >= 15 is 0 Å². The number of carbonyl (C=O) groups excluding carboxylic acids is 2. The van der Waals surface area contributed by atoms with Crippen LogP contribution in [-0.4, -0.2) is 42.6 Å². The van der Waals surface area contributed by atoms with E-state index in [0.29, 0.717) is 12.2 Å². The number of amides is 3. The Kier molecular flexibility index (Phi) is 5.64. The number of nitrogens with one attached hydrogen (secondary N) is 1. The number of carbonyl (C=O) groups is 2. The molecule has 2 aromatic rings. The molecular weight excluding hydrogens is 344 g/mol. The van der Waals surface area contributed by atoms with Crippen molar-refractivity contribution in [3.63, 3.8) is 0 Å². The van der Waals surface area contributed by atoms with Gasteiger partial charge in [0.1, 0.15) is 23.6 Å². The molecule has 0 aliphatic carbocycles. The molecule has 6 heteroatoms. The van der Waals surface area contributed by atoms with E-state index in [-0.39, 0.29) is 25.1 Å². The second kappa shape index (κ2) is 8.12. The molecule has 6 nitrogen and oxygen atoms in total. The summed E-state index contributed by atoms with van der Waals surface area (Å²) < 4.78 is 10.7. The maximum atomic E-state index is 12.8. The van der Waals surface area contributed by atoms with Crippen molar-refractivity contribution in [3.05, 3.63) is 60.2 Å². The molecule has 1 fully saturated rings. The van der Waals surface area contributed by atoms with Gasteiger partial charge in [-0.05, 0) is 49.6 Å². The topological polar surface area (TPSA) is 67.9 Å². The number of rotatable bonds is 8. The van der Waals surface area contributed by atoms with Crippen molar-refractivity contribution in [1.82, 2.24) is 10.2 Å². The Balaban J connectivity index is 1.53. The second-order valence-corrected chi connectivity index (χ2v) is 6.73. The fraction of sp³-hybridized carbons (Fsp3) is 0.333. The Morgan fingerprint density at radius 2 is 1.67 bits per heavy atom. The van der Waals surface area contributed by atoms with Crippen LogP contribution < -0.4 is 14.8 Å². The van der Waals surface area contributed by atoms with Gasteiger partial charge in [-0.15, -0.1) is 0 Å². The zero-order valence-electron chi connectivity index (χ0n) is 15.6. The van der Waals surface area contributed by atoms with Gasteiger partial charge in [-0.25, -0.2) is 4.79 Å². The molecule has 27 heavy (non-hydrogen) atoms. The number of urea groups is 1. The van der Waals surface area contributed by atoms with Gasteiger partial charge in [0.05, 0.1) is 13.7 Å². The molecule has 0 spiro atoms. The quantitative estimate of drug-likeness (QED) is 0.728. The minimum Gasteiger partial charge on any atom is -0.497 e. The van der Waals surface area contributed by atoms with E-state index in [1.54, 1.807) is 38.3 Å². The van der Waals surface area contributed by atoms with Crippen molar-refractivity contribution < 1.29 is 19.1 Å². The molecule has 1 aliphatic heterocycles. The third kappa shape index (κ3) is 4.39. The zero-order chi connectivity index (χ0) is 19.3. The predicted octanol–water partition coefficient (Wildman–Crippen LogP) is 3.02. The number of hydrogen-bond acceptors (Lipinski definition) is 4. The largest absolute Gasteiger partial charge is 0.497 e. The standard InChI is InChI=1S/C21H24N2O4/c1-21(13-12-16-6-4-3-5-7-16)19(24)23(20(25)22-21)14-15-27-18-10-8-17(26-2)9-11-18/h3-11H,12-15H2,1-2H3,(H,22,25). The van der Waals surface area contributed by atoms with E-state index in [1.807, 2.05) is 30.3 Å². The number of hydrogen-bond donors (Lipinski definition) is 1. The molecule has 0 bridgehead atoms. The van der Waals surface area contributed by atoms with Crippen LogP contribution in [0.4, 0.5) is 4.79 Å².